The molecule has 1 aromatic heterocycles. The Labute approximate surface area is 112 Å². The minimum absolute atomic E-state index is 0.663. The molecule has 3 heteroatoms. The number of fused-ring (bicyclic) bond motifs is 3. The van der Waals surface area contributed by atoms with Crippen LogP contribution < -0.4 is 10.2 Å². The fourth-order valence-electron chi connectivity index (χ4n) is 2.41. The summed E-state index contributed by atoms with van der Waals surface area (Å²) in [6, 6.07) is 16.7. The van der Waals surface area contributed by atoms with Gasteiger partial charge in [-0.15, -0.1) is 0 Å². The minimum Gasteiger partial charge on any atom is -0.412 e. The number of hydrogen-bond acceptors (Lipinski definition) is 2. The van der Waals surface area contributed by atoms with E-state index in [2.05, 4.69) is 48.6 Å². The third-order valence-corrected chi connectivity index (χ3v) is 3.29. The lowest BCUT2D eigenvalue weighted by Crippen LogP contribution is -2.24. The second-order valence-corrected chi connectivity index (χ2v) is 4.52. The Hall–Kier alpha value is -2.00. The van der Waals surface area contributed by atoms with Gasteiger partial charge in [-0.3, -0.25) is 0 Å². The molecule has 0 aliphatic rings. The number of nitrogens with zero attached hydrogens (tertiary/aromatic N) is 1. The standard InChI is InChI=1S/C16H18N2O/c1-2-17-11-12-19-18-15-9-5-3-7-13(15)14-8-4-6-10-16(14)18/h3-10,17H,2,11-12H2,1H3. The summed E-state index contributed by atoms with van der Waals surface area (Å²) in [6.07, 6.45) is 0. The molecule has 0 saturated heterocycles. The van der Waals surface area contributed by atoms with Crippen molar-refractivity contribution in [1.82, 2.24) is 10.0 Å². The molecule has 1 heterocycles. The van der Waals surface area contributed by atoms with Gasteiger partial charge in [0.05, 0.1) is 11.0 Å². The molecule has 0 unspecified atom stereocenters. The van der Waals surface area contributed by atoms with Crippen molar-refractivity contribution in [1.29, 1.82) is 0 Å². The van der Waals surface area contributed by atoms with Crippen LogP contribution in [0.4, 0.5) is 0 Å². The van der Waals surface area contributed by atoms with Gasteiger partial charge in [0, 0.05) is 17.3 Å². The van der Waals surface area contributed by atoms with Gasteiger partial charge in [0.1, 0.15) is 6.61 Å². The monoisotopic (exact) mass is 254 g/mol. The summed E-state index contributed by atoms with van der Waals surface area (Å²) in [7, 11) is 0. The lowest BCUT2D eigenvalue weighted by Gasteiger charge is -2.09. The number of hydrogen-bond donors (Lipinski definition) is 1. The van der Waals surface area contributed by atoms with E-state index in [1.807, 2.05) is 16.9 Å². The van der Waals surface area contributed by atoms with Crippen LogP contribution in [0, 0.1) is 0 Å². The summed E-state index contributed by atoms with van der Waals surface area (Å²) in [5.74, 6) is 0. The maximum Gasteiger partial charge on any atom is 0.127 e. The first-order chi connectivity index (χ1) is 9.42. The Morgan fingerprint density at radius 2 is 1.53 bits per heavy atom. The molecule has 19 heavy (non-hydrogen) atoms. The van der Waals surface area contributed by atoms with Gasteiger partial charge in [-0.25, -0.2) is 0 Å². The Balaban J connectivity index is 2.04. The molecule has 3 nitrogen and oxygen atoms in total. The van der Waals surface area contributed by atoms with Gasteiger partial charge in [-0.05, 0) is 18.7 Å². The van der Waals surface area contributed by atoms with Crippen LogP contribution in [0.3, 0.4) is 0 Å². The summed E-state index contributed by atoms with van der Waals surface area (Å²) in [5, 5.41) is 5.74. The Kier molecular flexibility index (Phi) is 3.38. The average Bonchev–Trinajstić information content (AvgIpc) is 2.78. The molecule has 0 amide bonds. The van der Waals surface area contributed by atoms with Gasteiger partial charge in [0.25, 0.3) is 0 Å². The molecule has 0 aliphatic carbocycles. The largest absolute Gasteiger partial charge is 0.412 e. The first kappa shape index (κ1) is 12.1. The molecule has 3 rings (SSSR count). The normalized spacial score (nSPS) is 11.2. The molecule has 1 N–H and O–H groups in total. The van der Waals surface area contributed by atoms with Gasteiger partial charge >= 0.3 is 0 Å². The maximum absolute atomic E-state index is 5.93. The van der Waals surface area contributed by atoms with E-state index in [4.69, 9.17) is 4.84 Å². The quantitative estimate of drug-likeness (QED) is 0.709. The zero-order chi connectivity index (χ0) is 13.1. The fourth-order valence-corrected chi connectivity index (χ4v) is 2.41. The summed E-state index contributed by atoms with van der Waals surface area (Å²) in [4.78, 5) is 5.93. The Bertz CT molecular complexity index is 634. The van der Waals surface area contributed by atoms with Crippen LogP contribution in [0.25, 0.3) is 21.8 Å². The number of aromatic nitrogens is 1. The van der Waals surface area contributed by atoms with E-state index >= 15 is 0 Å². The fraction of sp³-hybridized carbons (Fsp3) is 0.250. The number of rotatable bonds is 5. The van der Waals surface area contributed by atoms with Crippen molar-refractivity contribution in [2.24, 2.45) is 0 Å². The van der Waals surface area contributed by atoms with Crippen LogP contribution in [0.2, 0.25) is 0 Å². The molecule has 0 spiro atoms. The minimum atomic E-state index is 0.663. The maximum atomic E-state index is 5.93. The highest BCUT2D eigenvalue weighted by molar-refractivity contribution is 6.07. The molecular weight excluding hydrogens is 236 g/mol. The summed E-state index contributed by atoms with van der Waals surface area (Å²) < 4.78 is 1.95. The lowest BCUT2D eigenvalue weighted by atomic mass is 10.2. The predicted octanol–water partition coefficient (Wildman–Crippen LogP) is 2.83. The molecule has 0 fully saturated rings. The molecule has 0 bridgehead atoms. The van der Waals surface area contributed by atoms with Crippen molar-refractivity contribution in [3.63, 3.8) is 0 Å². The molecule has 0 atom stereocenters. The number of benzene rings is 2. The third-order valence-electron chi connectivity index (χ3n) is 3.29. The van der Waals surface area contributed by atoms with Crippen molar-refractivity contribution >= 4 is 21.8 Å². The Morgan fingerprint density at radius 1 is 0.947 bits per heavy atom. The second-order valence-electron chi connectivity index (χ2n) is 4.52. The summed E-state index contributed by atoms with van der Waals surface area (Å²) >= 11 is 0. The van der Waals surface area contributed by atoms with Crippen molar-refractivity contribution in [3.8, 4) is 0 Å². The molecular formula is C16H18N2O. The van der Waals surface area contributed by atoms with Crippen molar-refractivity contribution in [2.45, 2.75) is 6.92 Å². The zero-order valence-corrected chi connectivity index (χ0v) is 11.1. The molecule has 0 aliphatic heterocycles. The SMILES string of the molecule is CCNCCOn1c2ccccc2c2ccccc21. The topological polar surface area (TPSA) is 26.2 Å². The summed E-state index contributed by atoms with van der Waals surface area (Å²) in [6.45, 7) is 4.59. The van der Waals surface area contributed by atoms with E-state index in [-0.39, 0.29) is 0 Å². The number of nitrogens with one attached hydrogen (secondary N) is 1. The molecule has 2 aromatic carbocycles. The van der Waals surface area contributed by atoms with Crippen LogP contribution in [-0.2, 0) is 0 Å². The zero-order valence-electron chi connectivity index (χ0n) is 11.1. The van der Waals surface area contributed by atoms with E-state index in [0.717, 1.165) is 24.1 Å². The highest BCUT2D eigenvalue weighted by Crippen LogP contribution is 2.27. The lowest BCUT2D eigenvalue weighted by molar-refractivity contribution is 0.131. The van der Waals surface area contributed by atoms with Crippen molar-refractivity contribution in [2.75, 3.05) is 19.7 Å². The van der Waals surface area contributed by atoms with Gasteiger partial charge in [0.2, 0.25) is 0 Å². The number of likely N-dealkylation sites (N-methyl/N-ethyl adjacent to an activating group) is 1. The molecule has 3 aromatic rings. The van der Waals surface area contributed by atoms with Gasteiger partial charge < -0.3 is 10.2 Å². The third kappa shape index (κ3) is 2.17. The molecule has 98 valence electrons. The van der Waals surface area contributed by atoms with Crippen LogP contribution in [0.15, 0.2) is 48.5 Å². The summed E-state index contributed by atoms with van der Waals surface area (Å²) in [5.41, 5.74) is 2.25. The van der Waals surface area contributed by atoms with E-state index in [9.17, 15) is 0 Å². The smallest absolute Gasteiger partial charge is 0.127 e. The van der Waals surface area contributed by atoms with Crippen LogP contribution in [0.1, 0.15) is 6.92 Å². The van der Waals surface area contributed by atoms with Crippen molar-refractivity contribution in [3.05, 3.63) is 48.5 Å². The van der Waals surface area contributed by atoms with E-state index in [1.54, 1.807) is 0 Å². The Morgan fingerprint density at radius 3 is 2.11 bits per heavy atom. The van der Waals surface area contributed by atoms with Crippen LogP contribution in [-0.4, -0.2) is 24.4 Å². The van der Waals surface area contributed by atoms with Crippen molar-refractivity contribution < 1.29 is 4.84 Å². The van der Waals surface area contributed by atoms with Crippen LogP contribution in [0.5, 0.6) is 0 Å². The van der Waals surface area contributed by atoms with Crippen LogP contribution >= 0.6 is 0 Å². The van der Waals surface area contributed by atoms with E-state index in [0.29, 0.717) is 6.61 Å². The highest BCUT2D eigenvalue weighted by atomic mass is 16.7. The first-order valence-electron chi connectivity index (χ1n) is 6.74. The van der Waals surface area contributed by atoms with Gasteiger partial charge in [-0.1, -0.05) is 43.3 Å². The second kappa shape index (κ2) is 5.33. The average molecular weight is 254 g/mol. The van der Waals surface area contributed by atoms with E-state index in [1.165, 1.54) is 10.8 Å². The van der Waals surface area contributed by atoms with E-state index < -0.39 is 0 Å². The number of para-hydroxylation sites is 2. The highest BCUT2D eigenvalue weighted by Gasteiger charge is 2.09. The first-order valence-corrected chi connectivity index (χ1v) is 6.74. The van der Waals surface area contributed by atoms with Gasteiger partial charge in [0.15, 0.2) is 0 Å². The molecule has 0 saturated carbocycles. The predicted molar refractivity (Wildman–Crippen MR) is 79.4 cm³/mol. The molecule has 0 radical (unpaired) electrons. The van der Waals surface area contributed by atoms with Gasteiger partial charge in [-0.2, -0.15) is 4.73 Å².